The highest BCUT2D eigenvalue weighted by molar-refractivity contribution is 5.26. The van der Waals surface area contributed by atoms with Crippen molar-refractivity contribution in [1.82, 2.24) is 0 Å². The maximum atomic E-state index is 9.64. The first-order chi connectivity index (χ1) is 5.79. The zero-order chi connectivity index (χ0) is 8.55. The quantitative estimate of drug-likeness (QED) is 0.563. The summed E-state index contributed by atoms with van der Waals surface area (Å²) in [7, 11) is 0. The first kappa shape index (κ1) is 8.02. The van der Waals surface area contributed by atoms with E-state index < -0.39 is 0 Å². The van der Waals surface area contributed by atoms with E-state index in [4.69, 9.17) is 0 Å². The van der Waals surface area contributed by atoms with Crippen molar-refractivity contribution in [3.63, 3.8) is 0 Å². The highest BCUT2D eigenvalue weighted by Crippen LogP contribution is 2.34. The molecule has 1 fully saturated rings. The molecule has 2 heteroatoms. The van der Waals surface area contributed by atoms with Crippen molar-refractivity contribution in [3.8, 4) is 0 Å². The molecule has 1 saturated carbocycles. The third-order valence-electron chi connectivity index (χ3n) is 2.83. The van der Waals surface area contributed by atoms with E-state index in [0.29, 0.717) is 6.42 Å². The zero-order valence-corrected chi connectivity index (χ0v) is 6.98. The Bertz CT molecular complexity index is 230. The Hall–Kier alpha value is -0.600. The predicted molar refractivity (Wildman–Crippen MR) is 46.6 cm³/mol. The molecular weight excluding hydrogens is 152 g/mol. The minimum absolute atomic E-state index is 0.179. The fourth-order valence-corrected chi connectivity index (χ4v) is 2.10. The monoisotopic (exact) mass is 166 g/mol. The predicted octanol–water partition coefficient (Wildman–Crippen LogP) is 1.00. The van der Waals surface area contributed by atoms with Gasteiger partial charge in [0.05, 0.1) is 12.2 Å². The molecule has 0 amide bonds. The smallest absolute Gasteiger partial charge is 0.0757 e. The average Bonchev–Trinajstić information content (AvgIpc) is 2.12. The number of hydrogen-bond acceptors (Lipinski definition) is 2. The second-order valence-corrected chi connectivity index (χ2v) is 3.60. The SMILES string of the molecule is OC1CCC(O)C2CC=CC=C12. The van der Waals surface area contributed by atoms with Gasteiger partial charge in [0.15, 0.2) is 0 Å². The second kappa shape index (κ2) is 3.04. The van der Waals surface area contributed by atoms with Crippen LogP contribution in [0, 0.1) is 5.92 Å². The molecule has 12 heavy (non-hydrogen) atoms. The maximum Gasteiger partial charge on any atom is 0.0757 e. The van der Waals surface area contributed by atoms with Crippen molar-refractivity contribution in [1.29, 1.82) is 0 Å². The molecule has 0 aliphatic heterocycles. The minimum Gasteiger partial charge on any atom is -0.392 e. The van der Waals surface area contributed by atoms with Gasteiger partial charge in [-0.3, -0.25) is 0 Å². The van der Waals surface area contributed by atoms with E-state index in [1.807, 2.05) is 12.2 Å². The lowest BCUT2D eigenvalue weighted by Crippen LogP contribution is -2.34. The third-order valence-corrected chi connectivity index (χ3v) is 2.83. The molecule has 2 aliphatic carbocycles. The minimum atomic E-state index is -0.316. The van der Waals surface area contributed by atoms with Gasteiger partial charge in [-0.2, -0.15) is 0 Å². The fourth-order valence-electron chi connectivity index (χ4n) is 2.10. The van der Waals surface area contributed by atoms with Crippen molar-refractivity contribution >= 4 is 0 Å². The molecule has 0 aromatic heterocycles. The lowest BCUT2D eigenvalue weighted by Gasteiger charge is -2.34. The van der Waals surface area contributed by atoms with Gasteiger partial charge in [0.25, 0.3) is 0 Å². The third kappa shape index (κ3) is 1.21. The molecule has 0 aromatic carbocycles. The Morgan fingerprint density at radius 1 is 1.25 bits per heavy atom. The molecule has 0 aromatic rings. The number of rotatable bonds is 0. The molecule has 3 atom stereocenters. The van der Waals surface area contributed by atoms with Crippen molar-refractivity contribution in [2.24, 2.45) is 5.92 Å². The maximum absolute atomic E-state index is 9.64. The molecule has 66 valence electrons. The van der Waals surface area contributed by atoms with Gasteiger partial charge in [0.1, 0.15) is 0 Å². The summed E-state index contributed by atoms with van der Waals surface area (Å²) in [6, 6.07) is 0. The summed E-state index contributed by atoms with van der Waals surface area (Å²) >= 11 is 0. The summed E-state index contributed by atoms with van der Waals surface area (Å²) in [5.74, 6) is 0.179. The van der Waals surface area contributed by atoms with Crippen LogP contribution in [0.4, 0.5) is 0 Å². The Morgan fingerprint density at radius 3 is 2.83 bits per heavy atom. The summed E-state index contributed by atoms with van der Waals surface area (Å²) in [5, 5.41) is 19.2. The lowest BCUT2D eigenvalue weighted by molar-refractivity contribution is 0.0508. The van der Waals surface area contributed by atoms with Crippen LogP contribution < -0.4 is 0 Å². The van der Waals surface area contributed by atoms with Gasteiger partial charge in [0, 0.05) is 5.92 Å². The molecule has 2 aliphatic rings. The molecule has 0 radical (unpaired) electrons. The Labute approximate surface area is 72.2 Å². The van der Waals surface area contributed by atoms with Gasteiger partial charge in [0.2, 0.25) is 0 Å². The van der Waals surface area contributed by atoms with Gasteiger partial charge in [-0.05, 0) is 24.8 Å². The zero-order valence-electron chi connectivity index (χ0n) is 6.98. The van der Waals surface area contributed by atoms with Crippen LogP contribution in [0.3, 0.4) is 0 Å². The van der Waals surface area contributed by atoms with Crippen LogP contribution in [0.5, 0.6) is 0 Å². The topological polar surface area (TPSA) is 40.5 Å². The number of fused-ring (bicyclic) bond motifs is 1. The number of aliphatic hydroxyl groups excluding tert-OH is 2. The van der Waals surface area contributed by atoms with Crippen molar-refractivity contribution in [2.45, 2.75) is 31.5 Å². The van der Waals surface area contributed by atoms with Crippen LogP contribution in [0.15, 0.2) is 23.8 Å². The molecule has 0 bridgehead atoms. The van der Waals surface area contributed by atoms with E-state index in [1.54, 1.807) is 0 Å². The van der Waals surface area contributed by atoms with E-state index in [1.165, 1.54) is 0 Å². The van der Waals surface area contributed by atoms with Gasteiger partial charge < -0.3 is 10.2 Å². The summed E-state index contributed by atoms with van der Waals surface area (Å²) in [6.07, 6.45) is 7.72. The van der Waals surface area contributed by atoms with Gasteiger partial charge in [-0.25, -0.2) is 0 Å². The van der Waals surface area contributed by atoms with E-state index in [-0.39, 0.29) is 18.1 Å². The van der Waals surface area contributed by atoms with E-state index >= 15 is 0 Å². The summed E-state index contributed by atoms with van der Waals surface area (Å²) < 4.78 is 0. The molecule has 0 saturated heterocycles. The summed E-state index contributed by atoms with van der Waals surface area (Å²) in [6.45, 7) is 0. The molecule has 3 unspecified atom stereocenters. The summed E-state index contributed by atoms with van der Waals surface area (Å²) in [5.41, 5.74) is 1.02. The van der Waals surface area contributed by atoms with Gasteiger partial charge in [-0.15, -0.1) is 0 Å². The number of allylic oxidation sites excluding steroid dienone is 3. The molecular formula is C10H14O2. The first-order valence-electron chi connectivity index (χ1n) is 4.52. The highest BCUT2D eigenvalue weighted by Gasteiger charge is 2.32. The molecule has 2 N–H and O–H groups in total. The highest BCUT2D eigenvalue weighted by atomic mass is 16.3. The molecule has 0 spiro atoms. The Morgan fingerprint density at radius 2 is 2.08 bits per heavy atom. The van der Waals surface area contributed by atoms with Crippen LogP contribution in [0.2, 0.25) is 0 Å². The van der Waals surface area contributed by atoms with Crippen molar-refractivity contribution < 1.29 is 10.2 Å². The van der Waals surface area contributed by atoms with Crippen LogP contribution in [0.25, 0.3) is 0 Å². The normalized spacial score (nSPS) is 40.5. The number of hydrogen-bond donors (Lipinski definition) is 2. The largest absolute Gasteiger partial charge is 0.392 e. The fraction of sp³-hybridized carbons (Fsp3) is 0.600. The first-order valence-corrected chi connectivity index (χ1v) is 4.52. The number of aliphatic hydroxyl groups is 2. The van der Waals surface area contributed by atoms with Crippen LogP contribution in [0.1, 0.15) is 19.3 Å². The Balaban J connectivity index is 2.23. The lowest BCUT2D eigenvalue weighted by atomic mass is 9.76. The summed E-state index contributed by atoms with van der Waals surface area (Å²) in [4.78, 5) is 0. The molecule has 0 heterocycles. The average molecular weight is 166 g/mol. The van der Waals surface area contributed by atoms with Crippen LogP contribution >= 0.6 is 0 Å². The van der Waals surface area contributed by atoms with Gasteiger partial charge >= 0.3 is 0 Å². The van der Waals surface area contributed by atoms with E-state index in [9.17, 15) is 10.2 Å². The van der Waals surface area contributed by atoms with Crippen LogP contribution in [-0.4, -0.2) is 22.4 Å². The molecule has 2 rings (SSSR count). The molecule has 2 nitrogen and oxygen atoms in total. The van der Waals surface area contributed by atoms with E-state index in [0.717, 1.165) is 18.4 Å². The van der Waals surface area contributed by atoms with Crippen molar-refractivity contribution in [3.05, 3.63) is 23.8 Å². The van der Waals surface area contributed by atoms with Crippen LogP contribution in [-0.2, 0) is 0 Å². The van der Waals surface area contributed by atoms with Gasteiger partial charge in [-0.1, -0.05) is 18.2 Å². The Kier molecular flexibility index (Phi) is 2.03. The van der Waals surface area contributed by atoms with E-state index in [2.05, 4.69) is 6.08 Å². The second-order valence-electron chi connectivity index (χ2n) is 3.60. The standard InChI is InChI=1S/C10H14O2/c11-9-5-6-10(12)8-4-2-1-3-7(8)9/h1-3,8-12H,4-6H2. The van der Waals surface area contributed by atoms with Crippen molar-refractivity contribution in [2.75, 3.05) is 0 Å².